The minimum absolute atomic E-state index is 0.108. The first-order chi connectivity index (χ1) is 15.7. The number of rotatable bonds is 4. The van der Waals surface area contributed by atoms with Crippen LogP contribution < -0.4 is 0 Å². The molecular weight excluding hydrogens is 396 g/mol. The molecule has 5 rings (SSSR count). The van der Waals surface area contributed by atoms with E-state index in [1.54, 1.807) is 0 Å². The Kier molecular flexibility index (Phi) is 6.56. The third-order valence-electron chi connectivity index (χ3n) is 7.56. The largest absolute Gasteiger partial charge is 0.391 e. The standard InChI is InChI=1S/C28H34N2O2/c31-27-20-28(32)26(30-17-13-24(14-18-30)22-9-5-2-6-10-22)19-25(27)29-15-11-23(12-16-29)21-7-3-1-4-8-21/h1-11,13,25-28,31-32H,12,14-20H2/t25-,26-,27-,28-/m1/s1. The summed E-state index contributed by atoms with van der Waals surface area (Å²) in [6.45, 7) is 3.66. The van der Waals surface area contributed by atoms with Gasteiger partial charge in [0.15, 0.2) is 0 Å². The zero-order valence-electron chi connectivity index (χ0n) is 18.7. The highest BCUT2D eigenvalue weighted by molar-refractivity contribution is 5.67. The maximum atomic E-state index is 10.8. The lowest BCUT2D eigenvalue weighted by Crippen LogP contribution is -2.58. The Balaban J connectivity index is 1.24. The fourth-order valence-electron chi connectivity index (χ4n) is 5.71. The van der Waals surface area contributed by atoms with Gasteiger partial charge in [0, 0.05) is 44.7 Å². The van der Waals surface area contributed by atoms with E-state index in [0.29, 0.717) is 6.42 Å². The minimum atomic E-state index is -0.465. The molecule has 2 aromatic rings. The smallest absolute Gasteiger partial charge is 0.0721 e. The van der Waals surface area contributed by atoms with Gasteiger partial charge in [0.2, 0.25) is 0 Å². The molecule has 4 atom stereocenters. The number of aliphatic hydroxyl groups is 2. The van der Waals surface area contributed by atoms with Crippen molar-refractivity contribution in [1.82, 2.24) is 9.80 Å². The first-order valence-corrected chi connectivity index (χ1v) is 12.0. The average Bonchev–Trinajstić information content (AvgIpc) is 2.86. The number of hydrogen-bond acceptors (Lipinski definition) is 4. The Morgan fingerprint density at radius 3 is 1.41 bits per heavy atom. The summed E-state index contributed by atoms with van der Waals surface area (Å²) in [7, 11) is 0. The summed E-state index contributed by atoms with van der Waals surface area (Å²) in [4.78, 5) is 4.84. The summed E-state index contributed by atoms with van der Waals surface area (Å²) in [6, 6.07) is 21.4. The number of hydrogen-bond donors (Lipinski definition) is 2. The van der Waals surface area contributed by atoms with Gasteiger partial charge in [-0.15, -0.1) is 0 Å². The Morgan fingerprint density at radius 2 is 1.03 bits per heavy atom. The lowest BCUT2D eigenvalue weighted by Gasteiger charge is -2.47. The zero-order valence-corrected chi connectivity index (χ0v) is 18.7. The van der Waals surface area contributed by atoms with E-state index in [1.165, 1.54) is 22.3 Å². The molecule has 32 heavy (non-hydrogen) atoms. The zero-order chi connectivity index (χ0) is 21.9. The van der Waals surface area contributed by atoms with Crippen LogP contribution in [0.15, 0.2) is 72.8 Å². The van der Waals surface area contributed by atoms with Gasteiger partial charge in [0.25, 0.3) is 0 Å². The van der Waals surface area contributed by atoms with Crippen molar-refractivity contribution in [3.05, 3.63) is 83.9 Å². The van der Waals surface area contributed by atoms with Gasteiger partial charge < -0.3 is 10.2 Å². The molecule has 0 aromatic heterocycles. The molecule has 0 unspecified atom stereocenters. The number of nitrogens with zero attached hydrogens (tertiary/aromatic N) is 2. The topological polar surface area (TPSA) is 46.9 Å². The first kappa shape index (κ1) is 21.6. The van der Waals surface area contributed by atoms with Gasteiger partial charge in [-0.1, -0.05) is 72.8 Å². The molecule has 0 radical (unpaired) electrons. The molecule has 2 N–H and O–H groups in total. The normalized spacial score (nSPS) is 29.9. The Labute approximate surface area is 191 Å². The molecule has 4 heteroatoms. The van der Waals surface area contributed by atoms with Crippen LogP contribution >= 0.6 is 0 Å². The van der Waals surface area contributed by atoms with Gasteiger partial charge in [-0.05, 0) is 41.5 Å². The minimum Gasteiger partial charge on any atom is -0.391 e. The van der Waals surface area contributed by atoms with Gasteiger partial charge >= 0.3 is 0 Å². The second-order valence-electron chi connectivity index (χ2n) is 9.42. The molecule has 168 valence electrons. The van der Waals surface area contributed by atoms with E-state index >= 15 is 0 Å². The van der Waals surface area contributed by atoms with Crippen LogP contribution in [-0.4, -0.2) is 70.5 Å². The van der Waals surface area contributed by atoms with Crippen molar-refractivity contribution >= 4 is 11.1 Å². The highest BCUT2D eigenvalue weighted by atomic mass is 16.3. The van der Waals surface area contributed by atoms with E-state index < -0.39 is 12.2 Å². The summed E-state index contributed by atoms with van der Waals surface area (Å²) in [5.41, 5.74) is 5.41. The maximum absolute atomic E-state index is 10.8. The van der Waals surface area contributed by atoms with Gasteiger partial charge in [-0.2, -0.15) is 0 Å². The molecular formula is C28H34N2O2. The molecule has 4 nitrogen and oxygen atoms in total. The van der Waals surface area contributed by atoms with Crippen LogP contribution in [0.1, 0.15) is 36.8 Å². The van der Waals surface area contributed by atoms with Gasteiger partial charge in [-0.3, -0.25) is 9.80 Å². The lowest BCUT2D eigenvalue weighted by atomic mass is 9.83. The molecule has 0 bridgehead atoms. The van der Waals surface area contributed by atoms with E-state index in [2.05, 4.69) is 82.6 Å². The van der Waals surface area contributed by atoms with Crippen molar-refractivity contribution in [2.45, 2.75) is 50.0 Å². The quantitative estimate of drug-likeness (QED) is 0.774. The van der Waals surface area contributed by atoms with E-state index in [9.17, 15) is 10.2 Å². The van der Waals surface area contributed by atoms with Crippen molar-refractivity contribution in [2.75, 3.05) is 26.2 Å². The highest BCUT2D eigenvalue weighted by Gasteiger charge is 2.41. The van der Waals surface area contributed by atoms with Crippen LogP contribution in [0.25, 0.3) is 11.1 Å². The third-order valence-corrected chi connectivity index (χ3v) is 7.56. The molecule has 0 saturated heterocycles. The average molecular weight is 431 g/mol. The second kappa shape index (κ2) is 9.72. The Hall–Kier alpha value is -2.24. The second-order valence-corrected chi connectivity index (χ2v) is 9.42. The van der Waals surface area contributed by atoms with Crippen molar-refractivity contribution in [2.24, 2.45) is 0 Å². The molecule has 2 heterocycles. The van der Waals surface area contributed by atoms with Crippen LogP contribution in [0, 0.1) is 0 Å². The van der Waals surface area contributed by atoms with Gasteiger partial charge in [-0.25, -0.2) is 0 Å². The van der Waals surface area contributed by atoms with Crippen molar-refractivity contribution in [1.29, 1.82) is 0 Å². The van der Waals surface area contributed by atoms with Crippen LogP contribution in [0.5, 0.6) is 0 Å². The summed E-state index contributed by atoms with van der Waals surface area (Å²) >= 11 is 0. The fraction of sp³-hybridized carbons (Fsp3) is 0.429. The predicted octanol–water partition coefficient (Wildman–Crippen LogP) is 3.82. The van der Waals surface area contributed by atoms with Crippen LogP contribution in [0.3, 0.4) is 0 Å². The van der Waals surface area contributed by atoms with E-state index in [1.807, 2.05) is 0 Å². The van der Waals surface area contributed by atoms with Crippen LogP contribution in [0.2, 0.25) is 0 Å². The van der Waals surface area contributed by atoms with Crippen LogP contribution in [0.4, 0.5) is 0 Å². The maximum Gasteiger partial charge on any atom is 0.0721 e. The van der Waals surface area contributed by atoms with Gasteiger partial charge in [0.05, 0.1) is 12.2 Å². The molecule has 1 fully saturated rings. The summed E-state index contributed by atoms with van der Waals surface area (Å²) in [5.74, 6) is 0. The Bertz CT molecular complexity index is 878. The van der Waals surface area contributed by atoms with E-state index in [-0.39, 0.29) is 12.1 Å². The molecule has 3 aliphatic rings. The third kappa shape index (κ3) is 4.60. The van der Waals surface area contributed by atoms with Crippen molar-refractivity contribution in [3.8, 4) is 0 Å². The fourth-order valence-corrected chi connectivity index (χ4v) is 5.71. The number of aliphatic hydroxyl groups excluding tert-OH is 2. The summed E-state index contributed by atoms with van der Waals surface area (Å²) in [6.07, 6.45) is 7.02. The predicted molar refractivity (Wildman–Crippen MR) is 130 cm³/mol. The lowest BCUT2D eigenvalue weighted by molar-refractivity contribution is -0.0686. The van der Waals surface area contributed by atoms with E-state index in [0.717, 1.165) is 45.4 Å². The van der Waals surface area contributed by atoms with Crippen molar-refractivity contribution in [3.63, 3.8) is 0 Å². The monoisotopic (exact) mass is 430 g/mol. The number of benzene rings is 2. The van der Waals surface area contributed by atoms with Crippen molar-refractivity contribution < 1.29 is 10.2 Å². The molecule has 1 saturated carbocycles. The first-order valence-electron chi connectivity index (χ1n) is 12.0. The molecule has 2 aromatic carbocycles. The Morgan fingerprint density at radius 1 is 0.594 bits per heavy atom. The van der Waals surface area contributed by atoms with E-state index in [4.69, 9.17) is 0 Å². The summed E-state index contributed by atoms with van der Waals surface area (Å²) < 4.78 is 0. The highest BCUT2D eigenvalue weighted by Crippen LogP contribution is 2.33. The molecule has 0 amide bonds. The molecule has 1 aliphatic carbocycles. The van der Waals surface area contributed by atoms with Crippen LogP contribution in [-0.2, 0) is 0 Å². The van der Waals surface area contributed by atoms with Gasteiger partial charge in [0.1, 0.15) is 0 Å². The molecule has 2 aliphatic heterocycles. The molecule has 0 spiro atoms. The SMILES string of the molecule is O[C@@H]1C[C@@H](O)[C@H](N2CC=C(c3ccccc3)CC2)C[C@H]1N1CC=C(c2ccccc2)CC1. The summed E-state index contributed by atoms with van der Waals surface area (Å²) in [5, 5.41) is 21.7.